The maximum Gasteiger partial charge on any atom is 0.350 e. The minimum Gasteiger partial charge on any atom is -0.489 e. The Morgan fingerprint density at radius 3 is 2.57 bits per heavy atom. The molecule has 0 aliphatic carbocycles. The van der Waals surface area contributed by atoms with Crippen LogP contribution in [0.5, 0.6) is 5.75 Å². The molecule has 9 heteroatoms. The summed E-state index contributed by atoms with van der Waals surface area (Å²) in [5.74, 6) is 1.17. The zero-order chi connectivity index (χ0) is 21.2. The molecule has 0 aliphatic heterocycles. The van der Waals surface area contributed by atoms with E-state index in [2.05, 4.69) is 20.6 Å². The van der Waals surface area contributed by atoms with E-state index in [1.165, 1.54) is 11.3 Å². The van der Waals surface area contributed by atoms with Gasteiger partial charge in [0.2, 0.25) is 0 Å². The van der Waals surface area contributed by atoms with Gasteiger partial charge in [-0.1, -0.05) is 18.2 Å². The Morgan fingerprint density at radius 1 is 1.23 bits per heavy atom. The van der Waals surface area contributed by atoms with Gasteiger partial charge < -0.3 is 20.1 Å². The number of aryl methyl sites for hydroxylation is 1. The lowest BCUT2D eigenvalue weighted by Gasteiger charge is -2.17. The summed E-state index contributed by atoms with van der Waals surface area (Å²) in [5.41, 5.74) is 0.684. The molecule has 0 saturated heterocycles. The van der Waals surface area contributed by atoms with Crippen LogP contribution in [0, 0.1) is 6.92 Å². The number of benzene rings is 1. The zero-order valence-corrected chi connectivity index (χ0v) is 21.2. The normalized spacial score (nSPS) is 13.0. The molecule has 2 rings (SSSR count). The van der Waals surface area contributed by atoms with Crippen molar-refractivity contribution in [1.29, 1.82) is 0 Å². The van der Waals surface area contributed by atoms with Gasteiger partial charge in [-0.15, -0.1) is 35.3 Å². The summed E-state index contributed by atoms with van der Waals surface area (Å²) in [6.07, 6.45) is -0.0688. The van der Waals surface area contributed by atoms with Gasteiger partial charge in [-0.3, -0.25) is 0 Å². The number of carbonyl (C=O) groups is 1. The van der Waals surface area contributed by atoms with Gasteiger partial charge in [-0.25, -0.2) is 14.8 Å². The fraction of sp³-hybridized carbons (Fsp3) is 0.476. The van der Waals surface area contributed by atoms with E-state index >= 15 is 0 Å². The highest BCUT2D eigenvalue weighted by Crippen LogP contribution is 2.24. The molecule has 2 unspecified atom stereocenters. The van der Waals surface area contributed by atoms with Crippen LogP contribution in [0.15, 0.2) is 35.3 Å². The Labute approximate surface area is 199 Å². The van der Waals surface area contributed by atoms with Crippen LogP contribution in [0.3, 0.4) is 0 Å². The first kappa shape index (κ1) is 26.2. The lowest BCUT2D eigenvalue weighted by atomic mass is 10.3. The average molecular weight is 546 g/mol. The summed E-state index contributed by atoms with van der Waals surface area (Å²) in [7, 11) is 0. The van der Waals surface area contributed by atoms with Crippen LogP contribution in [-0.2, 0) is 4.74 Å². The third-order valence-electron chi connectivity index (χ3n) is 3.93. The van der Waals surface area contributed by atoms with Crippen LogP contribution in [0.25, 0.3) is 0 Å². The van der Waals surface area contributed by atoms with Gasteiger partial charge in [0.1, 0.15) is 21.7 Å². The van der Waals surface area contributed by atoms with Crippen LogP contribution in [0.4, 0.5) is 0 Å². The van der Waals surface area contributed by atoms with E-state index in [1.54, 1.807) is 6.92 Å². The standard InChI is InChI=1S/C21H30N4O3S.HI/c1-6-22-21(23-13-14(3)28-17-11-9-8-10-12-17)25-16(5)19-24-15(4)18(29-19)20(26)27-7-2;/h8-12,14,16H,6-7,13H2,1-5H3,(H2,22,23,25);1H. The number of hydrogen-bond donors (Lipinski definition) is 2. The summed E-state index contributed by atoms with van der Waals surface area (Å²) in [5, 5.41) is 7.39. The second-order valence-corrected chi connectivity index (χ2v) is 7.54. The van der Waals surface area contributed by atoms with Crippen molar-refractivity contribution < 1.29 is 14.3 Å². The highest BCUT2D eigenvalue weighted by molar-refractivity contribution is 14.0. The van der Waals surface area contributed by atoms with E-state index in [9.17, 15) is 4.79 Å². The van der Waals surface area contributed by atoms with Crippen molar-refractivity contribution in [1.82, 2.24) is 15.6 Å². The summed E-state index contributed by atoms with van der Waals surface area (Å²) < 4.78 is 11.0. The highest BCUT2D eigenvalue weighted by atomic mass is 127. The van der Waals surface area contributed by atoms with E-state index in [4.69, 9.17) is 9.47 Å². The van der Waals surface area contributed by atoms with Gasteiger partial charge in [0.05, 0.1) is 24.9 Å². The number of thiazole rings is 1. The number of nitrogens with one attached hydrogen (secondary N) is 2. The van der Waals surface area contributed by atoms with Crippen LogP contribution in [-0.4, -0.2) is 42.7 Å². The predicted molar refractivity (Wildman–Crippen MR) is 132 cm³/mol. The third-order valence-corrected chi connectivity index (χ3v) is 5.25. The molecule has 1 aromatic heterocycles. The summed E-state index contributed by atoms with van der Waals surface area (Å²) in [6, 6.07) is 9.59. The smallest absolute Gasteiger partial charge is 0.350 e. The van der Waals surface area contributed by atoms with Gasteiger partial charge in [0.15, 0.2) is 5.96 Å². The summed E-state index contributed by atoms with van der Waals surface area (Å²) >= 11 is 1.35. The minimum atomic E-state index is -0.326. The first-order chi connectivity index (χ1) is 13.9. The van der Waals surface area contributed by atoms with E-state index in [0.29, 0.717) is 29.7 Å². The summed E-state index contributed by atoms with van der Waals surface area (Å²) in [4.78, 5) is 21.7. The van der Waals surface area contributed by atoms with Crippen LogP contribution in [0.2, 0.25) is 0 Å². The molecule has 166 valence electrons. The molecular weight excluding hydrogens is 515 g/mol. The third kappa shape index (κ3) is 8.10. The van der Waals surface area contributed by atoms with Crippen LogP contribution < -0.4 is 15.4 Å². The number of hydrogen-bond acceptors (Lipinski definition) is 6. The number of guanidine groups is 1. The molecule has 1 heterocycles. The largest absolute Gasteiger partial charge is 0.489 e. The Hall–Kier alpha value is -1.88. The van der Waals surface area contributed by atoms with Crippen molar-refractivity contribution >= 4 is 47.2 Å². The van der Waals surface area contributed by atoms with Gasteiger partial charge in [-0.05, 0) is 46.8 Å². The molecule has 0 saturated carbocycles. The van der Waals surface area contributed by atoms with Crippen molar-refractivity contribution in [2.24, 2.45) is 4.99 Å². The number of aromatic nitrogens is 1. The molecule has 2 atom stereocenters. The fourth-order valence-electron chi connectivity index (χ4n) is 2.56. The Balaban J connectivity index is 0.00000450. The number of halogens is 1. The van der Waals surface area contributed by atoms with Crippen LogP contribution >= 0.6 is 35.3 Å². The van der Waals surface area contributed by atoms with Crippen LogP contribution in [0.1, 0.15) is 54.1 Å². The van der Waals surface area contributed by atoms with Gasteiger partial charge in [0, 0.05) is 6.54 Å². The van der Waals surface area contributed by atoms with Gasteiger partial charge in [-0.2, -0.15) is 0 Å². The van der Waals surface area contributed by atoms with Crippen molar-refractivity contribution in [3.63, 3.8) is 0 Å². The Kier molecular flexibility index (Phi) is 11.7. The number of aliphatic imine (C=N–C) groups is 1. The van der Waals surface area contributed by atoms with E-state index in [0.717, 1.165) is 17.3 Å². The first-order valence-electron chi connectivity index (χ1n) is 9.85. The lowest BCUT2D eigenvalue weighted by molar-refractivity contribution is 0.0531. The number of nitrogens with zero attached hydrogens (tertiary/aromatic N) is 2. The SMILES string of the molecule is CCNC(=NCC(C)Oc1ccccc1)NC(C)c1nc(C)c(C(=O)OCC)s1.I. The maximum absolute atomic E-state index is 12.0. The number of rotatable bonds is 9. The van der Waals surface area contributed by atoms with Gasteiger partial charge >= 0.3 is 5.97 Å². The Bertz CT molecular complexity index is 814. The average Bonchev–Trinajstić information content (AvgIpc) is 3.09. The first-order valence-corrected chi connectivity index (χ1v) is 10.7. The quantitative estimate of drug-likeness (QED) is 0.211. The molecule has 7 nitrogen and oxygen atoms in total. The van der Waals surface area contributed by atoms with E-state index in [-0.39, 0.29) is 42.1 Å². The zero-order valence-electron chi connectivity index (χ0n) is 18.1. The molecule has 2 aromatic rings. The van der Waals surface area contributed by atoms with Crippen molar-refractivity contribution in [3.05, 3.63) is 45.9 Å². The molecule has 0 fully saturated rings. The molecule has 1 aromatic carbocycles. The topological polar surface area (TPSA) is 84.8 Å². The molecule has 0 amide bonds. The maximum atomic E-state index is 12.0. The molecule has 30 heavy (non-hydrogen) atoms. The van der Waals surface area contributed by atoms with E-state index < -0.39 is 0 Å². The number of para-hydroxylation sites is 1. The van der Waals surface area contributed by atoms with Crippen molar-refractivity contribution in [2.75, 3.05) is 19.7 Å². The molecule has 0 bridgehead atoms. The van der Waals surface area contributed by atoms with Crippen molar-refractivity contribution in [2.45, 2.75) is 46.8 Å². The van der Waals surface area contributed by atoms with Gasteiger partial charge in [0.25, 0.3) is 0 Å². The highest BCUT2D eigenvalue weighted by Gasteiger charge is 2.20. The predicted octanol–water partition coefficient (Wildman–Crippen LogP) is 4.33. The summed E-state index contributed by atoms with van der Waals surface area (Å²) in [6.45, 7) is 11.2. The number of carbonyl (C=O) groups excluding carboxylic acids is 1. The van der Waals surface area contributed by atoms with Crippen molar-refractivity contribution in [3.8, 4) is 5.75 Å². The minimum absolute atomic E-state index is 0. The second kappa shape index (κ2) is 13.4. The molecular formula is C21H31IN4O3S. The lowest BCUT2D eigenvalue weighted by Crippen LogP contribution is -2.39. The number of esters is 1. The molecule has 2 N–H and O–H groups in total. The molecule has 0 spiro atoms. The second-order valence-electron chi connectivity index (χ2n) is 6.51. The fourth-order valence-corrected chi connectivity index (χ4v) is 3.53. The monoisotopic (exact) mass is 546 g/mol. The molecule has 0 radical (unpaired) electrons. The number of ether oxygens (including phenoxy) is 2. The van der Waals surface area contributed by atoms with E-state index in [1.807, 2.05) is 58.0 Å². The molecule has 0 aliphatic rings. The Morgan fingerprint density at radius 2 is 1.93 bits per heavy atom.